The molecule has 1 aliphatic rings. The summed E-state index contributed by atoms with van der Waals surface area (Å²) in [4.78, 5) is 22.4. The number of nitrogens with one attached hydrogen (secondary N) is 2. The molecule has 0 spiro atoms. The third kappa shape index (κ3) is 6.82. The van der Waals surface area contributed by atoms with Crippen LogP contribution in [0.2, 0.25) is 0 Å². The fraction of sp³-hybridized carbons (Fsp3) is 0.778. The number of rotatable bonds is 9. The van der Waals surface area contributed by atoms with Gasteiger partial charge in [0.05, 0.1) is 6.54 Å². The number of likely N-dealkylation sites (N-methyl/N-ethyl adjacent to an activating group) is 1. The zero-order valence-corrected chi connectivity index (χ0v) is 17.0. The lowest BCUT2D eigenvalue weighted by atomic mass is 10.1. The van der Waals surface area contributed by atoms with Crippen LogP contribution in [-0.2, 0) is 28.9 Å². The average Bonchev–Trinajstić information content (AvgIpc) is 3.07. The Morgan fingerprint density at radius 2 is 2.22 bits per heavy atom. The van der Waals surface area contributed by atoms with Crippen LogP contribution in [0.25, 0.3) is 0 Å². The van der Waals surface area contributed by atoms with E-state index in [2.05, 4.69) is 32.6 Å². The van der Waals surface area contributed by atoms with E-state index in [4.69, 9.17) is 4.74 Å². The van der Waals surface area contributed by atoms with Crippen molar-refractivity contribution in [3.63, 3.8) is 0 Å². The number of hydrogen-bond acceptors (Lipinski definition) is 5. The summed E-state index contributed by atoms with van der Waals surface area (Å²) >= 11 is 0. The molecule has 27 heavy (non-hydrogen) atoms. The summed E-state index contributed by atoms with van der Waals surface area (Å²) in [6, 6.07) is 0.205. The predicted molar refractivity (Wildman–Crippen MR) is 105 cm³/mol. The van der Waals surface area contributed by atoms with Gasteiger partial charge in [0.2, 0.25) is 5.91 Å². The lowest BCUT2D eigenvalue weighted by molar-refractivity contribution is -0.127. The van der Waals surface area contributed by atoms with E-state index in [-0.39, 0.29) is 18.5 Å². The first-order chi connectivity index (χ1) is 13.0. The van der Waals surface area contributed by atoms with E-state index in [0.717, 1.165) is 57.0 Å². The van der Waals surface area contributed by atoms with Gasteiger partial charge in [0, 0.05) is 52.7 Å². The summed E-state index contributed by atoms with van der Waals surface area (Å²) in [5, 5.41) is 11.3. The summed E-state index contributed by atoms with van der Waals surface area (Å²) in [5.74, 6) is 2.58. The van der Waals surface area contributed by atoms with Gasteiger partial charge >= 0.3 is 0 Å². The molecule has 0 aliphatic carbocycles. The molecule has 2 N–H and O–H groups in total. The Kier molecular flexibility index (Phi) is 8.50. The molecule has 1 aliphatic heterocycles. The van der Waals surface area contributed by atoms with Gasteiger partial charge in [0.15, 0.2) is 11.8 Å². The van der Waals surface area contributed by atoms with Crippen LogP contribution in [0.15, 0.2) is 4.99 Å². The van der Waals surface area contributed by atoms with Gasteiger partial charge in [-0.05, 0) is 19.8 Å². The minimum absolute atomic E-state index is 0.0276. The number of hydrogen-bond donors (Lipinski definition) is 2. The quantitative estimate of drug-likeness (QED) is 0.362. The van der Waals surface area contributed by atoms with Crippen molar-refractivity contribution in [3.05, 3.63) is 11.6 Å². The van der Waals surface area contributed by atoms with Crippen LogP contribution in [0.5, 0.6) is 0 Å². The van der Waals surface area contributed by atoms with E-state index < -0.39 is 0 Å². The molecule has 1 atom stereocenters. The first-order valence-electron chi connectivity index (χ1n) is 9.78. The molecular weight excluding hydrogens is 346 g/mol. The van der Waals surface area contributed by atoms with E-state index in [1.807, 2.05) is 11.6 Å². The second-order valence-corrected chi connectivity index (χ2v) is 6.79. The van der Waals surface area contributed by atoms with Gasteiger partial charge in [0.25, 0.3) is 0 Å². The third-order valence-corrected chi connectivity index (χ3v) is 4.39. The van der Waals surface area contributed by atoms with Crippen LogP contribution < -0.4 is 10.6 Å². The highest BCUT2D eigenvalue weighted by Crippen LogP contribution is 2.13. The highest BCUT2D eigenvalue weighted by Gasteiger charge is 2.22. The number of carbonyl (C=O) groups excluding carboxylic acids is 1. The van der Waals surface area contributed by atoms with Gasteiger partial charge in [-0.2, -0.15) is 5.10 Å². The van der Waals surface area contributed by atoms with Gasteiger partial charge in [-0.1, -0.05) is 6.92 Å². The van der Waals surface area contributed by atoms with E-state index in [1.54, 1.807) is 19.0 Å². The average molecular weight is 380 g/mol. The molecule has 0 radical (unpaired) electrons. The van der Waals surface area contributed by atoms with Crippen molar-refractivity contribution >= 4 is 11.9 Å². The fourth-order valence-corrected chi connectivity index (χ4v) is 2.79. The highest BCUT2D eigenvalue weighted by molar-refractivity contribution is 5.84. The summed E-state index contributed by atoms with van der Waals surface area (Å²) in [5.41, 5.74) is 0. The second-order valence-electron chi connectivity index (χ2n) is 6.79. The number of fused-ring (bicyclic) bond motifs is 1. The van der Waals surface area contributed by atoms with Gasteiger partial charge in [-0.3, -0.25) is 4.79 Å². The summed E-state index contributed by atoms with van der Waals surface area (Å²) in [6.07, 6.45) is 3.58. The number of amides is 1. The Labute approximate surface area is 161 Å². The fourth-order valence-electron chi connectivity index (χ4n) is 2.79. The van der Waals surface area contributed by atoms with Crippen molar-refractivity contribution in [3.8, 4) is 0 Å². The number of aryl methyl sites for hydroxylation is 2. The minimum atomic E-state index is -0.0276. The largest absolute Gasteiger partial charge is 0.382 e. The molecule has 1 amide bonds. The number of aliphatic imine (C=N–C) groups is 1. The topological polar surface area (TPSA) is 96.7 Å². The molecule has 9 nitrogen and oxygen atoms in total. The minimum Gasteiger partial charge on any atom is -0.382 e. The van der Waals surface area contributed by atoms with Crippen molar-refractivity contribution in [2.45, 2.75) is 52.1 Å². The molecule has 1 unspecified atom stereocenters. The maximum absolute atomic E-state index is 11.9. The smallest absolute Gasteiger partial charge is 0.243 e. The number of guanidine groups is 1. The first-order valence-corrected chi connectivity index (χ1v) is 9.78. The van der Waals surface area contributed by atoms with Gasteiger partial charge < -0.3 is 20.3 Å². The van der Waals surface area contributed by atoms with Crippen LogP contribution in [0.1, 0.15) is 38.3 Å². The lowest BCUT2D eigenvalue weighted by Gasteiger charge is -2.25. The molecule has 152 valence electrons. The maximum Gasteiger partial charge on any atom is 0.243 e. The van der Waals surface area contributed by atoms with E-state index in [9.17, 15) is 4.79 Å². The Hall–Kier alpha value is -2.16. The van der Waals surface area contributed by atoms with Crippen LogP contribution in [-0.4, -0.2) is 78.0 Å². The van der Waals surface area contributed by atoms with Crippen molar-refractivity contribution < 1.29 is 9.53 Å². The van der Waals surface area contributed by atoms with Crippen molar-refractivity contribution in [2.24, 2.45) is 4.99 Å². The van der Waals surface area contributed by atoms with Crippen molar-refractivity contribution in [2.75, 3.05) is 40.4 Å². The first kappa shape index (κ1) is 21.1. The van der Waals surface area contributed by atoms with Crippen LogP contribution in [0.4, 0.5) is 0 Å². The van der Waals surface area contributed by atoms with Gasteiger partial charge in [0.1, 0.15) is 12.4 Å². The molecule has 0 saturated heterocycles. The number of ether oxygens (including phenoxy) is 1. The van der Waals surface area contributed by atoms with E-state index in [0.29, 0.717) is 12.6 Å². The number of aromatic nitrogens is 3. The number of nitrogens with zero attached hydrogens (tertiary/aromatic N) is 5. The Morgan fingerprint density at radius 3 is 2.93 bits per heavy atom. The molecule has 0 saturated carbocycles. The number of carbonyl (C=O) groups is 1. The molecular formula is C18H33N7O2. The SMILES string of the molecule is CCOCCCNC(=NCC(=O)N(C)C)NC1CCc2nc(CC)nn2C1. The summed E-state index contributed by atoms with van der Waals surface area (Å²) in [7, 11) is 3.47. The summed E-state index contributed by atoms with van der Waals surface area (Å²) < 4.78 is 7.35. The highest BCUT2D eigenvalue weighted by atomic mass is 16.5. The zero-order chi connectivity index (χ0) is 19.6. The van der Waals surface area contributed by atoms with Gasteiger partial charge in [-0.25, -0.2) is 14.7 Å². The van der Waals surface area contributed by atoms with Crippen LogP contribution in [0.3, 0.4) is 0 Å². The monoisotopic (exact) mass is 379 g/mol. The van der Waals surface area contributed by atoms with E-state index in [1.165, 1.54) is 0 Å². The molecule has 1 aromatic rings. The van der Waals surface area contributed by atoms with Crippen molar-refractivity contribution in [1.82, 2.24) is 30.3 Å². The standard InChI is InChI=1S/C18H33N7O2/c1-5-15-22-16-9-8-14(13-25(16)23-15)21-18(19-10-7-11-27-6-2)20-12-17(26)24(3)4/h14H,5-13H2,1-4H3,(H2,19,20,21). The Bertz CT molecular complexity index is 627. The molecule has 9 heteroatoms. The predicted octanol–water partition coefficient (Wildman–Crippen LogP) is 0.205. The summed E-state index contributed by atoms with van der Waals surface area (Å²) in [6.45, 7) is 7.09. The molecule has 1 aromatic heterocycles. The molecule has 0 aromatic carbocycles. The van der Waals surface area contributed by atoms with Crippen LogP contribution in [0, 0.1) is 0 Å². The van der Waals surface area contributed by atoms with Crippen molar-refractivity contribution in [1.29, 1.82) is 0 Å². The molecule has 2 heterocycles. The van der Waals surface area contributed by atoms with Gasteiger partial charge in [-0.15, -0.1) is 0 Å². The van der Waals surface area contributed by atoms with E-state index >= 15 is 0 Å². The molecule has 2 rings (SSSR count). The third-order valence-electron chi connectivity index (χ3n) is 4.39. The molecule has 0 fully saturated rings. The van der Waals surface area contributed by atoms with Crippen LogP contribution >= 0.6 is 0 Å². The normalized spacial score (nSPS) is 16.7. The Balaban J connectivity index is 1.93. The lowest BCUT2D eigenvalue weighted by Crippen LogP contribution is -2.47. The Morgan fingerprint density at radius 1 is 1.41 bits per heavy atom. The molecule has 0 bridgehead atoms. The zero-order valence-electron chi connectivity index (χ0n) is 17.0. The second kappa shape index (κ2) is 10.9. The maximum atomic E-state index is 11.9.